The quantitative estimate of drug-likeness (QED) is 0.282. The second-order valence-corrected chi connectivity index (χ2v) is 6.80. The van der Waals surface area contributed by atoms with E-state index >= 15 is 0 Å². The van der Waals surface area contributed by atoms with Crippen molar-refractivity contribution in [3.8, 4) is 11.5 Å². The van der Waals surface area contributed by atoms with Gasteiger partial charge in [0.25, 0.3) is 0 Å². The third-order valence-corrected chi connectivity index (χ3v) is 4.51. The smallest absolute Gasteiger partial charge is 0.246 e. The van der Waals surface area contributed by atoms with Gasteiger partial charge in [-0.05, 0) is 36.4 Å². The topological polar surface area (TPSA) is 65.5 Å². The number of benzene rings is 2. The second kappa shape index (κ2) is 5.21. The van der Waals surface area contributed by atoms with Gasteiger partial charge in [0.2, 0.25) is 6.20 Å². The van der Waals surface area contributed by atoms with Crippen LogP contribution in [-0.4, -0.2) is 4.92 Å². The highest BCUT2D eigenvalue weighted by Crippen LogP contribution is 2.49. The SMILES string of the molecule is O=[N+]([O-])/C=C1/c2cc(Br)ccc2Oc2c1oc1ccc(Br)cc21. The maximum atomic E-state index is 11.1. The van der Waals surface area contributed by atoms with E-state index in [9.17, 15) is 10.1 Å². The van der Waals surface area contributed by atoms with Crippen LogP contribution in [0.3, 0.4) is 0 Å². The van der Waals surface area contributed by atoms with Crippen molar-refractivity contribution < 1.29 is 14.1 Å². The Hall–Kier alpha value is -2.12. The van der Waals surface area contributed by atoms with E-state index < -0.39 is 4.92 Å². The monoisotopic (exact) mass is 435 g/mol. The van der Waals surface area contributed by atoms with Crippen LogP contribution in [0.5, 0.6) is 11.5 Å². The van der Waals surface area contributed by atoms with Gasteiger partial charge in [-0.15, -0.1) is 0 Å². The van der Waals surface area contributed by atoms with Crippen LogP contribution in [0, 0.1) is 10.1 Å². The fraction of sp³-hybridized carbons (Fsp3) is 0. The zero-order valence-corrected chi connectivity index (χ0v) is 14.5. The van der Waals surface area contributed by atoms with Gasteiger partial charge in [0.1, 0.15) is 16.9 Å². The average Bonchev–Trinajstić information content (AvgIpc) is 2.85. The minimum absolute atomic E-state index is 0.361. The van der Waals surface area contributed by atoms with Crippen LogP contribution in [0.25, 0.3) is 16.5 Å². The lowest BCUT2D eigenvalue weighted by Gasteiger charge is -2.17. The molecule has 4 rings (SSSR count). The molecule has 7 heteroatoms. The maximum absolute atomic E-state index is 11.1. The fourth-order valence-electron chi connectivity index (χ4n) is 2.59. The number of nitrogens with zero attached hydrogens (tertiary/aromatic N) is 1. The molecule has 0 N–H and O–H groups in total. The first-order valence-corrected chi connectivity index (χ1v) is 8.17. The first-order valence-electron chi connectivity index (χ1n) is 6.58. The third-order valence-electron chi connectivity index (χ3n) is 3.53. The Balaban J connectivity index is 2.06. The molecule has 1 aromatic heterocycles. The van der Waals surface area contributed by atoms with Gasteiger partial charge in [-0.2, -0.15) is 0 Å². The molecule has 0 spiro atoms. The largest absolute Gasteiger partial charge is 0.452 e. The van der Waals surface area contributed by atoms with Gasteiger partial charge < -0.3 is 9.15 Å². The van der Waals surface area contributed by atoms with Crippen molar-refractivity contribution in [2.45, 2.75) is 0 Å². The zero-order valence-electron chi connectivity index (χ0n) is 11.4. The number of nitro groups is 1. The number of furan rings is 1. The highest BCUT2D eigenvalue weighted by Gasteiger charge is 2.30. The van der Waals surface area contributed by atoms with E-state index in [0.29, 0.717) is 34.0 Å². The lowest BCUT2D eigenvalue weighted by atomic mass is 10.00. The van der Waals surface area contributed by atoms with E-state index in [1.165, 1.54) is 0 Å². The van der Waals surface area contributed by atoms with Gasteiger partial charge >= 0.3 is 0 Å². The number of ether oxygens (including phenoxy) is 1. The van der Waals surface area contributed by atoms with Gasteiger partial charge in [0, 0.05) is 14.5 Å². The Kier molecular flexibility index (Phi) is 3.28. The van der Waals surface area contributed by atoms with Crippen molar-refractivity contribution >= 4 is 48.4 Å². The summed E-state index contributed by atoms with van der Waals surface area (Å²) in [6, 6.07) is 10.9. The Labute approximate surface area is 147 Å². The molecule has 0 saturated heterocycles. The van der Waals surface area contributed by atoms with Gasteiger partial charge in [-0.1, -0.05) is 31.9 Å². The first-order chi connectivity index (χ1) is 11.0. The van der Waals surface area contributed by atoms with Crippen LogP contribution < -0.4 is 4.74 Å². The lowest BCUT2D eigenvalue weighted by Crippen LogP contribution is -2.02. The summed E-state index contributed by atoms with van der Waals surface area (Å²) < 4.78 is 13.5. The minimum Gasteiger partial charge on any atom is -0.452 e. The summed E-state index contributed by atoms with van der Waals surface area (Å²) in [4.78, 5) is 10.6. The third kappa shape index (κ3) is 2.36. The van der Waals surface area contributed by atoms with Crippen LogP contribution >= 0.6 is 31.9 Å². The number of hydrogen-bond donors (Lipinski definition) is 0. The van der Waals surface area contributed by atoms with E-state index in [1.807, 2.05) is 18.2 Å². The van der Waals surface area contributed by atoms with Gasteiger partial charge in [0.15, 0.2) is 11.5 Å². The molecule has 2 aromatic carbocycles. The summed E-state index contributed by atoms with van der Waals surface area (Å²) >= 11 is 6.79. The van der Waals surface area contributed by atoms with Gasteiger partial charge in [-0.3, -0.25) is 10.1 Å². The Bertz CT molecular complexity index is 1010. The predicted molar refractivity (Wildman–Crippen MR) is 92.2 cm³/mol. The van der Waals surface area contributed by atoms with Crippen LogP contribution in [0.2, 0.25) is 0 Å². The molecule has 1 aliphatic heterocycles. The fourth-order valence-corrected chi connectivity index (χ4v) is 3.32. The van der Waals surface area contributed by atoms with Crippen molar-refractivity contribution in [2.24, 2.45) is 0 Å². The highest BCUT2D eigenvalue weighted by atomic mass is 79.9. The molecule has 0 unspecified atom stereocenters. The molecule has 0 amide bonds. The zero-order chi connectivity index (χ0) is 16.1. The summed E-state index contributed by atoms with van der Waals surface area (Å²) in [5, 5.41) is 11.8. The van der Waals surface area contributed by atoms with Crippen LogP contribution in [0.4, 0.5) is 0 Å². The summed E-state index contributed by atoms with van der Waals surface area (Å²) in [5.74, 6) is 1.40. The van der Waals surface area contributed by atoms with Gasteiger partial charge in [0.05, 0.1) is 10.3 Å². The normalized spacial score (nSPS) is 14.4. The number of fused-ring (bicyclic) bond motifs is 4. The van der Waals surface area contributed by atoms with Crippen LogP contribution in [0.1, 0.15) is 11.3 Å². The minimum atomic E-state index is -0.488. The molecule has 0 atom stereocenters. The molecule has 0 fully saturated rings. The maximum Gasteiger partial charge on any atom is 0.246 e. The average molecular weight is 437 g/mol. The van der Waals surface area contributed by atoms with Crippen molar-refractivity contribution in [2.75, 3.05) is 0 Å². The van der Waals surface area contributed by atoms with Crippen molar-refractivity contribution in [3.05, 3.63) is 73.0 Å². The molecule has 23 heavy (non-hydrogen) atoms. The Morgan fingerprint density at radius 2 is 1.83 bits per heavy atom. The molecular weight excluding hydrogens is 430 g/mol. The van der Waals surface area contributed by atoms with E-state index in [1.54, 1.807) is 18.2 Å². The van der Waals surface area contributed by atoms with E-state index in [0.717, 1.165) is 20.5 Å². The molecule has 3 aromatic rings. The first kappa shape index (κ1) is 14.5. The molecular formula is C16H7Br2NO4. The van der Waals surface area contributed by atoms with Crippen molar-refractivity contribution in [1.29, 1.82) is 0 Å². The lowest BCUT2D eigenvalue weighted by molar-refractivity contribution is -0.401. The standard InChI is InChI=1S/C16H7Br2NO4/c17-8-1-3-13-10(5-8)12(7-19(20)21)16-15(22-13)11-6-9(18)2-4-14(11)23-16/h1-7H/b12-7-. The van der Waals surface area contributed by atoms with E-state index in [4.69, 9.17) is 9.15 Å². The summed E-state index contributed by atoms with van der Waals surface area (Å²) in [6.07, 6.45) is 0.948. The van der Waals surface area contributed by atoms with Crippen molar-refractivity contribution in [3.63, 3.8) is 0 Å². The van der Waals surface area contributed by atoms with E-state index in [-0.39, 0.29) is 0 Å². The Morgan fingerprint density at radius 1 is 1.09 bits per heavy atom. The Morgan fingerprint density at radius 3 is 2.61 bits per heavy atom. The van der Waals surface area contributed by atoms with E-state index in [2.05, 4.69) is 31.9 Å². The molecule has 1 aliphatic rings. The van der Waals surface area contributed by atoms with Gasteiger partial charge in [-0.25, -0.2) is 0 Å². The summed E-state index contributed by atoms with van der Waals surface area (Å²) in [7, 11) is 0. The van der Waals surface area contributed by atoms with Crippen LogP contribution in [-0.2, 0) is 0 Å². The molecule has 0 bridgehead atoms. The molecule has 0 aliphatic carbocycles. The molecule has 0 radical (unpaired) electrons. The van der Waals surface area contributed by atoms with Crippen LogP contribution in [0.15, 0.2) is 56.0 Å². The van der Waals surface area contributed by atoms with Crippen molar-refractivity contribution in [1.82, 2.24) is 0 Å². The highest BCUT2D eigenvalue weighted by molar-refractivity contribution is 9.10. The molecule has 2 heterocycles. The molecule has 114 valence electrons. The number of hydrogen-bond acceptors (Lipinski definition) is 4. The predicted octanol–water partition coefficient (Wildman–Crippen LogP) is 5.73. The summed E-state index contributed by atoms with van der Waals surface area (Å²) in [6.45, 7) is 0. The number of rotatable bonds is 1. The second-order valence-electron chi connectivity index (χ2n) is 4.97. The number of halogens is 2. The summed E-state index contributed by atoms with van der Waals surface area (Å²) in [5.41, 5.74) is 1.61. The molecule has 0 saturated carbocycles. The molecule has 5 nitrogen and oxygen atoms in total.